The van der Waals surface area contributed by atoms with Crippen LogP contribution in [0.15, 0.2) is 24.3 Å². The summed E-state index contributed by atoms with van der Waals surface area (Å²) in [6.07, 6.45) is 1.05. The predicted molar refractivity (Wildman–Crippen MR) is 79.6 cm³/mol. The molecule has 0 heterocycles. The molecule has 1 rings (SSSR count). The Bertz CT molecular complexity index is 473. The summed E-state index contributed by atoms with van der Waals surface area (Å²) in [6.45, 7) is 2.19. The highest BCUT2D eigenvalue weighted by Gasteiger charge is 2.24. The number of methoxy groups -OCH3 is 1. The molecule has 0 spiro atoms. The van der Waals surface area contributed by atoms with Gasteiger partial charge in [-0.05, 0) is 30.5 Å². The second-order valence-electron chi connectivity index (χ2n) is 4.70. The molecule has 0 bridgehead atoms. The van der Waals surface area contributed by atoms with Gasteiger partial charge in [0.15, 0.2) is 0 Å². The van der Waals surface area contributed by atoms with E-state index in [1.807, 2.05) is 24.3 Å². The Hall–Kier alpha value is -2.24. The summed E-state index contributed by atoms with van der Waals surface area (Å²) in [6, 6.07) is 6.41. The molecule has 2 amide bonds. The van der Waals surface area contributed by atoms with Crippen molar-refractivity contribution in [2.75, 3.05) is 20.7 Å². The normalized spacial score (nSPS) is 11.6. The fraction of sp³-hybridized carbons (Fsp3) is 0.467. The molecule has 21 heavy (non-hydrogen) atoms. The molecule has 0 saturated heterocycles. The topological polar surface area (TPSA) is 78.9 Å². The van der Waals surface area contributed by atoms with E-state index in [-0.39, 0.29) is 6.03 Å². The first kappa shape index (κ1) is 16.8. The van der Waals surface area contributed by atoms with E-state index in [2.05, 4.69) is 5.32 Å². The maximum Gasteiger partial charge on any atom is 0.326 e. The van der Waals surface area contributed by atoms with Gasteiger partial charge in [0.25, 0.3) is 0 Å². The smallest absolute Gasteiger partial charge is 0.326 e. The number of carbonyl (C=O) groups excluding carboxylic acids is 1. The highest BCUT2D eigenvalue weighted by molar-refractivity contribution is 5.82. The molecule has 0 aromatic heterocycles. The summed E-state index contributed by atoms with van der Waals surface area (Å²) in [4.78, 5) is 24.1. The summed E-state index contributed by atoms with van der Waals surface area (Å²) in [5.41, 5.74) is 1.07. The number of aliphatic carboxylic acids is 1. The molecule has 0 radical (unpaired) electrons. The van der Waals surface area contributed by atoms with E-state index in [9.17, 15) is 9.59 Å². The van der Waals surface area contributed by atoms with E-state index >= 15 is 0 Å². The fourth-order valence-electron chi connectivity index (χ4n) is 1.99. The molecule has 0 fully saturated rings. The van der Waals surface area contributed by atoms with Crippen LogP contribution in [0.3, 0.4) is 0 Å². The van der Waals surface area contributed by atoms with Crippen molar-refractivity contribution in [2.45, 2.75) is 25.8 Å². The van der Waals surface area contributed by atoms with Crippen molar-refractivity contribution in [2.24, 2.45) is 0 Å². The van der Waals surface area contributed by atoms with Crippen molar-refractivity contribution in [3.05, 3.63) is 29.8 Å². The van der Waals surface area contributed by atoms with E-state index in [1.54, 1.807) is 14.0 Å². The Kier molecular flexibility index (Phi) is 6.52. The number of ether oxygens (including phenoxy) is 1. The van der Waals surface area contributed by atoms with Crippen LogP contribution in [0, 0.1) is 0 Å². The summed E-state index contributed by atoms with van der Waals surface area (Å²) >= 11 is 0. The van der Waals surface area contributed by atoms with E-state index in [4.69, 9.17) is 9.84 Å². The van der Waals surface area contributed by atoms with Gasteiger partial charge in [-0.2, -0.15) is 0 Å². The molecule has 1 unspecified atom stereocenters. The third kappa shape index (κ3) is 4.98. The molecule has 6 nitrogen and oxygen atoms in total. The number of nitrogens with zero attached hydrogens (tertiary/aromatic N) is 1. The van der Waals surface area contributed by atoms with E-state index in [0.717, 1.165) is 11.3 Å². The largest absolute Gasteiger partial charge is 0.497 e. The number of amides is 2. The minimum atomic E-state index is -0.995. The van der Waals surface area contributed by atoms with Crippen molar-refractivity contribution >= 4 is 12.0 Å². The second kappa shape index (κ2) is 8.14. The lowest BCUT2D eigenvalue weighted by atomic mass is 10.1. The molecule has 116 valence electrons. The Labute approximate surface area is 124 Å². The Morgan fingerprint density at radius 2 is 1.95 bits per heavy atom. The number of carboxylic acids is 1. The zero-order chi connectivity index (χ0) is 15.8. The quantitative estimate of drug-likeness (QED) is 0.803. The zero-order valence-electron chi connectivity index (χ0n) is 12.6. The highest BCUT2D eigenvalue weighted by Crippen LogP contribution is 2.11. The van der Waals surface area contributed by atoms with Gasteiger partial charge in [0, 0.05) is 13.6 Å². The standard InChI is InChI=1S/C15H22N2O4/c1-4-13(14(18)19)17(2)15(20)16-10-9-11-5-7-12(21-3)8-6-11/h5-8,13H,4,9-10H2,1-3H3,(H,16,20)(H,18,19). The number of urea groups is 1. The maximum absolute atomic E-state index is 11.9. The van der Waals surface area contributed by atoms with Crippen molar-refractivity contribution < 1.29 is 19.4 Å². The van der Waals surface area contributed by atoms with Gasteiger partial charge in [0.05, 0.1) is 7.11 Å². The SMILES string of the molecule is CCC(C(=O)O)N(C)C(=O)NCCc1ccc(OC)cc1. The van der Waals surface area contributed by atoms with Crippen LogP contribution in [0.4, 0.5) is 4.79 Å². The van der Waals surface area contributed by atoms with Gasteiger partial charge in [0.2, 0.25) is 0 Å². The number of hydrogen-bond acceptors (Lipinski definition) is 3. The highest BCUT2D eigenvalue weighted by atomic mass is 16.5. The molecule has 0 aliphatic heterocycles. The van der Waals surface area contributed by atoms with Crippen LogP contribution in [0.2, 0.25) is 0 Å². The number of benzene rings is 1. The molecule has 1 aromatic carbocycles. The van der Waals surface area contributed by atoms with Gasteiger partial charge in [-0.15, -0.1) is 0 Å². The number of nitrogens with one attached hydrogen (secondary N) is 1. The van der Waals surface area contributed by atoms with E-state index in [1.165, 1.54) is 11.9 Å². The van der Waals surface area contributed by atoms with Crippen LogP contribution in [0.5, 0.6) is 5.75 Å². The van der Waals surface area contributed by atoms with Crippen LogP contribution in [-0.4, -0.2) is 48.8 Å². The zero-order valence-corrected chi connectivity index (χ0v) is 12.6. The third-order valence-electron chi connectivity index (χ3n) is 3.31. The molecule has 1 atom stereocenters. The Morgan fingerprint density at radius 1 is 1.33 bits per heavy atom. The predicted octanol–water partition coefficient (Wildman–Crippen LogP) is 1.74. The minimum Gasteiger partial charge on any atom is -0.497 e. The van der Waals surface area contributed by atoms with Crippen molar-refractivity contribution in [1.29, 1.82) is 0 Å². The lowest BCUT2D eigenvalue weighted by Crippen LogP contribution is -2.47. The van der Waals surface area contributed by atoms with Gasteiger partial charge >= 0.3 is 12.0 Å². The average Bonchev–Trinajstić information content (AvgIpc) is 2.48. The molecular formula is C15H22N2O4. The number of hydrogen-bond donors (Lipinski definition) is 2. The van der Waals surface area contributed by atoms with Gasteiger partial charge < -0.3 is 20.1 Å². The van der Waals surface area contributed by atoms with Crippen LogP contribution >= 0.6 is 0 Å². The molecule has 0 aliphatic carbocycles. The second-order valence-corrected chi connectivity index (χ2v) is 4.70. The lowest BCUT2D eigenvalue weighted by Gasteiger charge is -2.24. The number of rotatable bonds is 7. The van der Waals surface area contributed by atoms with Crippen LogP contribution in [0.1, 0.15) is 18.9 Å². The minimum absolute atomic E-state index is 0.373. The first-order valence-electron chi connectivity index (χ1n) is 6.86. The van der Waals surface area contributed by atoms with Gasteiger partial charge in [0.1, 0.15) is 11.8 Å². The molecule has 0 saturated carbocycles. The van der Waals surface area contributed by atoms with E-state index in [0.29, 0.717) is 19.4 Å². The summed E-state index contributed by atoms with van der Waals surface area (Å²) < 4.78 is 5.07. The van der Waals surface area contributed by atoms with E-state index < -0.39 is 12.0 Å². The van der Waals surface area contributed by atoms with Gasteiger partial charge in [-0.3, -0.25) is 0 Å². The number of carbonyl (C=O) groups is 2. The molecule has 2 N–H and O–H groups in total. The molecule has 6 heteroatoms. The van der Waals surface area contributed by atoms with Gasteiger partial charge in [-0.1, -0.05) is 19.1 Å². The summed E-state index contributed by atoms with van der Waals surface area (Å²) in [5, 5.41) is 11.7. The number of carboxylic acid groups (broad SMARTS) is 1. The molecule has 1 aromatic rings. The number of likely N-dealkylation sites (N-methyl/N-ethyl adjacent to an activating group) is 1. The Morgan fingerprint density at radius 3 is 2.43 bits per heavy atom. The molecular weight excluding hydrogens is 272 g/mol. The first-order chi connectivity index (χ1) is 9.99. The average molecular weight is 294 g/mol. The molecule has 0 aliphatic rings. The van der Waals surface area contributed by atoms with Crippen molar-refractivity contribution in [3.63, 3.8) is 0 Å². The first-order valence-corrected chi connectivity index (χ1v) is 6.86. The maximum atomic E-state index is 11.9. The monoisotopic (exact) mass is 294 g/mol. The van der Waals surface area contributed by atoms with Gasteiger partial charge in [-0.25, -0.2) is 9.59 Å². The van der Waals surface area contributed by atoms with Crippen molar-refractivity contribution in [1.82, 2.24) is 10.2 Å². The lowest BCUT2D eigenvalue weighted by molar-refractivity contribution is -0.141. The van der Waals surface area contributed by atoms with Crippen LogP contribution < -0.4 is 10.1 Å². The Balaban J connectivity index is 2.43. The van der Waals surface area contributed by atoms with Crippen LogP contribution in [-0.2, 0) is 11.2 Å². The summed E-state index contributed by atoms with van der Waals surface area (Å²) in [7, 11) is 3.10. The summed E-state index contributed by atoms with van der Waals surface area (Å²) in [5.74, 6) is -0.208. The fourth-order valence-corrected chi connectivity index (χ4v) is 1.99. The third-order valence-corrected chi connectivity index (χ3v) is 3.31. The van der Waals surface area contributed by atoms with Crippen LogP contribution in [0.25, 0.3) is 0 Å². The van der Waals surface area contributed by atoms with Crippen molar-refractivity contribution in [3.8, 4) is 5.75 Å².